The number of hydrogen-bond donors (Lipinski definition) is 1. The van der Waals surface area contributed by atoms with Crippen LogP contribution >= 0.6 is 0 Å². The SMILES string of the molecule is CC(C)(C)OC(=O)Nc1cc(/C=C/C=O)ccn1. The van der Waals surface area contributed by atoms with Gasteiger partial charge in [-0.25, -0.2) is 9.78 Å². The van der Waals surface area contributed by atoms with Crippen molar-refractivity contribution in [1.82, 2.24) is 4.98 Å². The number of allylic oxidation sites excluding steroid dienone is 1. The van der Waals surface area contributed by atoms with Crippen LogP contribution in [0.5, 0.6) is 0 Å². The molecule has 0 spiro atoms. The minimum absolute atomic E-state index is 0.372. The Morgan fingerprint density at radius 2 is 2.17 bits per heavy atom. The molecule has 1 aromatic heterocycles. The third-order valence-corrected chi connectivity index (χ3v) is 1.78. The number of ether oxygens (including phenoxy) is 1. The Bertz CT molecular complexity index is 462. The van der Waals surface area contributed by atoms with Gasteiger partial charge in [0.25, 0.3) is 0 Å². The zero-order valence-electron chi connectivity index (χ0n) is 10.6. The highest BCUT2D eigenvalue weighted by atomic mass is 16.6. The van der Waals surface area contributed by atoms with Crippen molar-refractivity contribution >= 4 is 24.3 Å². The number of nitrogens with zero attached hydrogens (tertiary/aromatic N) is 1. The van der Waals surface area contributed by atoms with E-state index in [1.807, 2.05) is 0 Å². The van der Waals surface area contributed by atoms with Crippen LogP contribution in [0.1, 0.15) is 26.3 Å². The number of carbonyl (C=O) groups excluding carboxylic acids is 2. The van der Waals surface area contributed by atoms with Gasteiger partial charge in [0.2, 0.25) is 0 Å². The molecule has 0 saturated heterocycles. The van der Waals surface area contributed by atoms with Crippen molar-refractivity contribution in [3.8, 4) is 0 Å². The minimum Gasteiger partial charge on any atom is -0.444 e. The van der Waals surface area contributed by atoms with Crippen molar-refractivity contribution < 1.29 is 14.3 Å². The fourth-order valence-corrected chi connectivity index (χ4v) is 1.18. The molecule has 1 N–H and O–H groups in total. The highest BCUT2D eigenvalue weighted by Crippen LogP contribution is 2.11. The summed E-state index contributed by atoms with van der Waals surface area (Å²) in [5.41, 5.74) is 0.210. The van der Waals surface area contributed by atoms with E-state index in [1.165, 1.54) is 12.3 Å². The number of hydrogen-bond acceptors (Lipinski definition) is 4. The monoisotopic (exact) mass is 248 g/mol. The molecular formula is C13H16N2O3. The van der Waals surface area contributed by atoms with Crippen molar-refractivity contribution in [2.24, 2.45) is 0 Å². The molecule has 0 radical (unpaired) electrons. The van der Waals surface area contributed by atoms with Crippen molar-refractivity contribution in [1.29, 1.82) is 0 Å². The summed E-state index contributed by atoms with van der Waals surface area (Å²) < 4.78 is 5.10. The maximum Gasteiger partial charge on any atom is 0.413 e. The van der Waals surface area contributed by atoms with Gasteiger partial charge < -0.3 is 4.74 Å². The van der Waals surface area contributed by atoms with Gasteiger partial charge >= 0.3 is 6.09 Å². The summed E-state index contributed by atoms with van der Waals surface area (Å²) in [4.78, 5) is 25.7. The van der Waals surface area contributed by atoms with Crippen molar-refractivity contribution in [2.75, 3.05) is 5.32 Å². The Balaban J connectivity index is 2.70. The van der Waals surface area contributed by atoms with Gasteiger partial charge in [-0.05, 0) is 44.5 Å². The summed E-state index contributed by atoms with van der Waals surface area (Å²) in [5.74, 6) is 0.372. The standard InChI is InChI=1S/C13H16N2O3/c1-13(2,3)18-12(17)15-11-9-10(5-4-8-16)6-7-14-11/h4-9H,1-3H3,(H,14,15,17)/b5-4+. The third kappa shape index (κ3) is 5.25. The molecule has 5 heteroatoms. The first-order valence-electron chi connectivity index (χ1n) is 5.48. The number of amides is 1. The molecule has 0 aliphatic rings. The Labute approximate surface area is 106 Å². The molecule has 0 atom stereocenters. The topological polar surface area (TPSA) is 68.3 Å². The molecule has 0 fully saturated rings. The molecule has 0 bridgehead atoms. The predicted molar refractivity (Wildman–Crippen MR) is 69.2 cm³/mol. The zero-order chi connectivity index (χ0) is 13.6. The molecule has 96 valence electrons. The lowest BCUT2D eigenvalue weighted by atomic mass is 10.2. The zero-order valence-corrected chi connectivity index (χ0v) is 10.6. The second-order valence-corrected chi connectivity index (χ2v) is 4.60. The first-order chi connectivity index (χ1) is 8.40. The number of aldehydes is 1. The average Bonchev–Trinajstić information content (AvgIpc) is 2.24. The van der Waals surface area contributed by atoms with E-state index in [0.717, 1.165) is 5.56 Å². The smallest absolute Gasteiger partial charge is 0.413 e. The second-order valence-electron chi connectivity index (χ2n) is 4.60. The molecule has 0 aromatic carbocycles. The molecule has 18 heavy (non-hydrogen) atoms. The third-order valence-electron chi connectivity index (χ3n) is 1.78. The Morgan fingerprint density at radius 1 is 1.44 bits per heavy atom. The highest BCUT2D eigenvalue weighted by Gasteiger charge is 2.16. The Hall–Kier alpha value is -2.17. The minimum atomic E-state index is -0.563. The number of anilines is 1. The van der Waals surface area contributed by atoms with Gasteiger partial charge in [-0.15, -0.1) is 0 Å². The van der Waals surface area contributed by atoms with Crippen molar-refractivity contribution in [2.45, 2.75) is 26.4 Å². The molecule has 1 rings (SSSR count). The van der Waals surface area contributed by atoms with E-state index in [4.69, 9.17) is 4.74 Å². The number of pyridine rings is 1. The summed E-state index contributed by atoms with van der Waals surface area (Å²) in [7, 11) is 0. The van der Waals surface area contributed by atoms with E-state index in [1.54, 1.807) is 39.0 Å². The van der Waals surface area contributed by atoms with E-state index in [2.05, 4.69) is 10.3 Å². The molecule has 0 saturated carbocycles. The van der Waals surface area contributed by atoms with Gasteiger partial charge in [-0.3, -0.25) is 10.1 Å². The molecule has 1 amide bonds. The van der Waals surface area contributed by atoms with E-state index in [0.29, 0.717) is 12.1 Å². The lowest BCUT2D eigenvalue weighted by Crippen LogP contribution is -2.27. The van der Waals surface area contributed by atoms with Gasteiger partial charge in [0.15, 0.2) is 0 Å². The molecule has 0 aliphatic carbocycles. The lowest BCUT2D eigenvalue weighted by molar-refractivity contribution is -0.104. The van der Waals surface area contributed by atoms with E-state index < -0.39 is 11.7 Å². The summed E-state index contributed by atoms with van der Waals surface area (Å²) in [6.45, 7) is 5.34. The van der Waals surface area contributed by atoms with E-state index >= 15 is 0 Å². The van der Waals surface area contributed by atoms with Crippen molar-refractivity contribution in [3.05, 3.63) is 30.0 Å². The van der Waals surface area contributed by atoms with Crippen LogP contribution in [-0.2, 0) is 9.53 Å². The van der Waals surface area contributed by atoms with Crippen LogP contribution in [0.25, 0.3) is 6.08 Å². The molecular weight excluding hydrogens is 232 g/mol. The fraction of sp³-hybridized carbons (Fsp3) is 0.308. The van der Waals surface area contributed by atoms with Crippen LogP contribution in [0.2, 0.25) is 0 Å². The Morgan fingerprint density at radius 3 is 2.78 bits per heavy atom. The summed E-state index contributed by atoms with van der Waals surface area (Å²) in [5, 5.41) is 2.52. The van der Waals surface area contributed by atoms with Crippen LogP contribution in [0.4, 0.5) is 10.6 Å². The normalized spacial score (nSPS) is 11.3. The maximum absolute atomic E-state index is 11.5. The summed E-state index contributed by atoms with van der Waals surface area (Å²) in [6.07, 6.45) is 4.65. The first-order valence-corrected chi connectivity index (χ1v) is 5.48. The number of carbonyl (C=O) groups is 2. The summed E-state index contributed by atoms with van der Waals surface area (Å²) in [6, 6.07) is 3.37. The van der Waals surface area contributed by atoms with Crippen LogP contribution in [-0.4, -0.2) is 23.0 Å². The Kier molecular flexibility index (Phi) is 4.59. The van der Waals surface area contributed by atoms with Crippen LogP contribution in [0.15, 0.2) is 24.4 Å². The summed E-state index contributed by atoms with van der Waals surface area (Å²) >= 11 is 0. The van der Waals surface area contributed by atoms with Crippen molar-refractivity contribution in [3.63, 3.8) is 0 Å². The van der Waals surface area contributed by atoms with Gasteiger partial charge in [0.05, 0.1) is 0 Å². The van der Waals surface area contributed by atoms with Gasteiger partial charge in [-0.1, -0.05) is 6.08 Å². The largest absolute Gasteiger partial charge is 0.444 e. The van der Waals surface area contributed by atoms with Crippen LogP contribution < -0.4 is 5.32 Å². The van der Waals surface area contributed by atoms with Crippen LogP contribution in [0, 0.1) is 0 Å². The van der Waals surface area contributed by atoms with Gasteiger partial charge in [0.1, 0.15) is 17.7 Å². The molecule has 1 aromatic rings. The van der Waals surface area contributed by atoms with Gasteiger partial charge in [-0.2, -0.15) is 0 Å². The highest BCUT2D eigenvalue weighted by molar-refractivity contribution is 5.84. The second kappa shape index (κ2) is 5.95. The quantitative estimate of drug-likeness (QED) is 0.659. The first kappa shape index (κ1) is 13.9. The van der Waals surface area contributed by atoms with E-state index in [9.17, 15) is 9.59 Å². The fourth-order valence-electron chi connectivity index (χ4n) is 1.18. The molecule has 5 nitrogen and oxygen atoms in total. The molecule has 0 aliphatic heterocycles. The average molecular weight is 248 g/mol. The number of aromatic nitrogens is 1. The number of nitrogens with one attached hydrogen (secondary N) is 1. The van der Waals surface area contributed by atoms with E-state index in [-0.39, 0.29) is 0 Å². The lowest BCUT2D eigenvalue weighted by Gasteiger charge is -2.19. The van der Waals surface area contributed by atoms with Crippen LogP contribution in [0.3, 0.4) is 0 Å². The molecule has 0 unspecified atom stereocenters. The molecule has 1 heterocycles. The predicted octanol–water partition coefficient (Wildman–Crippen LogP) is 2.64. The number of rotatable bonds is 3. The van der Waals surface area contributed by atoms with Gasteiger partial charge in [0, 0.05) is 6.20 Å². The maximum atomic E-state index is 11.5.